The molecule has 0 radical (unpaired) electrons. The molecular weight excluding hydrogens is 291 g/mol. The van der Waals surface area contributed by atoms with Crippen LogP contribution >= 0.6 is 23.2 Å². The summed E-state index contributed by atoms with van der Waals surface area (Å²) in [4.78, 5) is 0. The van der Waals surface area contributed by atoms with E-state index in [0.29, 0.717) is 11.1 Å². The highest BCUT2D eigenvalue weighted by Gasteiger charge is 2.19. The van der Waals surface area contributed by atoms with Gasteiger partial charge in [-0.1, -0.05) is 35.3 Å². The molecule has 1 atom stereocenters. The smallest absolute Gasteiger partial charge is 0.146 e. The molecule has 2 N–H and O–H groups in total. The van der Waals surface area contributed by atoms with Crippen molar-refractivity contribution in [3.8, 4) is 0 Å². The van der Waals surface area contributed by atoms with Gasteiger partial charge >= 0.3 is 0 Å². The van der Waals surface area contributed by atoms with Crippen molar-refractivity contribution in [3.05, 3.63) is 68.7 Å². The Bertz CT molecular complexity index is 629. The Hall–Kier alpha value is -1.16. The van der Waals surface area contributed by atoms with Crippen LogP contribution in [-0.2, 0) is 0 Å². The van der Waals surface area contributed by atoms with Gasteiger partial charge in [0, 0.05) is 10.6 Å². The van der Waals surface area contributed by atoms with Gasteiger partial charge in [-0.3, -0.25) is 0 Å². The van der Waals surface area contributed by atoms with Crippen LogP contribution in [0.15, 0.2) is 30.3 Å². The van der Waals surface area contributed by atoms with Crippen molar-refractivity contribution < 1.29 is 8.78 Å². The highest BCUT2D eigenvalue weighted by molar-refractivity contribution is 6.31. The van der Waals surface area contributed by atoms with Gasteiger partial charge in [0.15, 0.2) is 0 Å². The monoisotopic (exact) mass is 301 g/mol. The maximum atomic E-state index is 13.9. The second kappa shape index (κ2) is 5.45. The summed E-state index contributed by atoms with van der Waals surface area (Å²) in [6, 6.07) is 6.46. The van der Waals surface area contributed by atoms with E-state index in [2.05, 4.69) is 0 Å². The second-order valence-corrected chi connectivity index (χ2v) is 5.06. The summed E-state index contributed by atoms with van der Waals surface area (Å²) in [5.74, 6) is -1.01. The highest BCUT2D eigenvalue weighted by atomic mass is 35.5. The Kier molecular flexibility index (Phi) is 4.09. The molecule has 0 bridgehead atoms. The van der Waals surface area contributed by atoms with E-state index >= 15 is 0 Å². The highest BCUT2D eigenvalue weighted by Crippen LogP contribution is 2.31. The lowest BCUT2D eigenvalue weighted by molar-refractivity contribution is 0.598. The lowest BCUT2D eigenvalue weighted by Gasteiger charge is -2.16. The lowest BCUT2D eigenvalue weighted by atomic mass is 9.97. The fourth-order valence-corrected chi connectivity index (χ4v) is 2.30. The second-order valence-electron chi connectivity index (χ2n) is 4.24. The van der Waals surface area contributed by atoms with E-state index in [1.807, 2.05) is 0 Å². The van der Waals surface area contributed by atoms with Crippen molar-refractivity contribution in [1.82, 2.24) is 0 Å². The molecule has 0 aliphatic carbocycles. The van der Waals surface area contributed by atoms with E-state index in [4.69, 9.17) is 28.9 Å². The number of benzene rings is 2. The lowest BCUT2D eigenvalue weighted by Crippen LogP contribution is -2.15. The summed E-state index contributed by atoms with van der Waals surface area (Å²) in [5.41, 5.74) is 7.08. The minimum atomic E-state index is -0.800. The molecule has 1 nitrogen and oxygen atoms in total. The van der Waals surface area contributed by atoms with Crippen LogP contribution in [0, 0.1) is 18.6 Å². The van der Waals surface area contributed by atoms with E-state index < -0.39 is 17.7 Å². The molecule has 0 aromatic heterocycles. The molecule has 0 aliphatic heterocycles. The Labute approximate surface area is 119 Å². The third-order valence-corrected chi connectivity index (χ3v) is 3.55. The molecule has 1 unspecified atom stereocenters. The van der Waals surface area contributed by atoms with Crippen LogP contribution in [0.3, 0.4) is 0 Å². The molecule has 0 amide bonds. The zero-order chi connectivity index (χ0) is 14.2. The van der Waals surface area contributed by atoms with Crippen molar-refractivity contribution in [2.24, 2.45) is 5.73 Å². The molecule has 2 rings (SSSR count). The standard InChI is InChI=1S/C14H11Cl2F2N/c1-7-5-9(11(16)6-12(7)17)14(19)8-3-2-4-10(15)13(8)18/h2-6,14H,19H2,1H3. The first-order valence-electron chi connectivity index (χ1n) is 5.57. The number of hydrogen-bond acceptors (Lipinski definition) is 1. The van der Waals surface area contributed by atoms with Crippen molar-refractivity contribution in [1.29, 1.82) is 0 Å². The predicted octanol–water partition coefficient (Wildman–Crippen LogP) is 4.63. The third-order valence-electron chi connectivity index (χ3n) is 2.93. The Morgan fingerprint density at radius 3 is 2.42 bits per heavy atom. The average Bonchev–Trinajstić information content (AvgIpc) is 2.36. The molecule has 2 aromatic rings. The maximum Gasteiger partial charge on any atom is 0.146 e. The molecule has 0 aliphatic rings. The number of nitrogens with two attached hydrogens (primary N) is 1. The summed E-state index contributed by atoms with van der Waals surface area (Å²) in [6.07, 6.45) is 0. The molecule has 5 heteroatoms. The zero-order valence-corrected chi connectivity index (χ0v) is 11.6. The topological polar surface area (TPSA) is 26.0 Å². The first-order chi connectivity index (χ1) is 8.91. The molecular formula is C14H11Cl2F2N. The normalized spacial score (nSPS) is 12.5. The summed E-state index contributed by atoms with van der Waals surface area (Å²) < 4.78 is 27.3. The van der Waals surface area contributed by atoms with Gasteiger partial charge in [0.05, 0.1) is 11.1 Å². The first-order valence-corrected chi connectivity index (χ1v) is 6.32. The fraction of sp³-hybridized carbons (Fsp3) is 0.143. The van der Waals surface area contributed by atoms with Gasteiger partial charge < -0.3 is 5.73 Å². The van der Waals surface area contributed by atoms with Crippen LogP contribution in [0.25, 0.3) is 0 Å². The minimum absolute atomic E-state index is 0.0112. The van der Waals surface area contributed by atoms with Crippen LogP contribution in [0.2, 0.25) is 10.0 Å². The van der Waals surface area contributed by atoms with Crippen LogP contribution in [0.5, 0.6) is 0 Å². The number of rotatable bonds is 2. The average molecular weight is 302 g/mol. The molecule has 0 saturated heterocycles. The Balaban J connectivity index is 2.53. The number of hydrogen-bond donors (Lipinski definition) is 1. The van der Waals surface area contributed by atoms with Gasteiger partial charge in [0.25, 0.3) is 0 Å². The van der Waals surface area contributed by atoms with E-state index in [1.54, 1.807) is 13.0 Å². The first kappa shape index (κ1) is 14.3. The molecule has 0 heterocycles. The van der Waals surface area contributed by atoms with E-state index in [9.17, 15) is 8.78 Å². The summed E-state index contributed by atoms with van der Waals surface area (Å²) in [6.45, 7) is 1.59. The third kappa shape index (κ3) is 2.73. The Morgan fingerprint density at radius 2 is 1.74 bits per heavy atom. The summed E-state index contributed by atoms with van der Waals surface area (Å²) in [5, 5.41) is 0.151. The maximum absolute atomic E-state index is 13.9. The largest absolute Gasteiger partial charge is 0.320 e. The number of halogens is 4. The van der Waals surface area contributed by atoms with Crippen molar-refractivity contribution >= 4 is 23.2 Å². The van der Waals surface area contributed by atoms with Gasteiger partial charge in [-0.2, -0.15) is 0 Å². The van der Waals surface area contributed by atoms with Crippen molar-refractivity contribution in [2.45, 2.75) is 13.0 Å². The van der Waals surface area contributed by atoms with E-state index in [0.717, 1.165) is 0 Å². The molecule has 2 aromatic carbocycles. The molecule has 0 saturated carbocycles. The van der Waals surface area contributed by atoms with E-state index in [-0.39, 0.29) is 15.6 Å². The van der Waals surface area contributed by atoms with Gasteiger partial charge in [-0.05, 0) is 36.2 Å². The Morgan fingerprint density at radius 1 is 1.05 bits per heavy atom. The van der Waals surface area contributed by atoms with Crippen molar-refractivity contribution in [2.75, 3.05) is 0 Å². The molecule has 0 fully saturated rings. The predicted molar refractivity (Wildman–Crippen MR) is 73.6 cm³/mol. The van der Waals surface area contributed by atoms with Gasteiger partial charge in [0.1, 0.15) is 11.6 Å². The van der Waals surface area contributed by atoms with Gasteiger partial charge in [0.2, 0.25) is 0 Å². The van der Waals surface area contributed by atoms with Crippen LogP contribution in [0.4, 0.5) is 8.78 Å². The summed E-state index contributed by atoms with van der Waals surface area (Å²) in [7, 11) is 0. The minimum Gasteiger partial charge on any atom is -0.320 e. The van der Waals surface area contributed by atoms with Crippen molar-refractivity contribution in [3.63, 3.8) is 0 Å². The fourth-order valence-electron chi connectivity index (χ4n) is 1.85. The van der Waals surface area contributed by atoms with Gasteiger partial charge in [-0.15, -0.1) is 0 Å². The molecule has 19 heavy (non-hydrogen) atoms. The van der Waals surface area contributed by atoms with Gasteiger partial charge in [-0.25, -0.2) is 8.78 Å². The zero-order valence-electron chi connectivity index (χ0n) is 10.1. The quantitative estimate of drug-likeness (QED) is 0.860. The number of aryl methyl sites for hydroxylation is 1. The SMILES string of the molecule is Cc1cc(C(N)c2cccc(Cl)c2F)c(Cl)cc1F. The molecule has 0 spiro atoms. The van der Waals surface area contributed by atoms with E-state index in [1.165, 1.54) is 24.3 Å². The van der Waals surface area contributed by atoms with Crippen LogP contribution in [0.1, 0.15) is 22.7 Å². The summed E-state index contributed by atoms with van der Waals surface area (Å²) >= 11 is 11.7. The molecule has 100 valence electrons. The van der Waals surface area contributed by atoms with Crippen LogP contribution in [-0.4, -0.2) is 0 Å². The van der Waals surface area contributed by atoms with Crippen LogP contribution < -0.4 is 5.73 Å².